The zero-order chi connectivity index (χ0) is 32.5. The smallest absolute Gasteiger partial charge is 0.348 e. The van der Waals surface area contributed by atoms with Crippen LogP contribution < -0.4 is 5.32 Å². The molecule has 0 unspecified atom stereocenters. The predicted octanol–water partition coefficient (Wildman–Crippen LogP) is 6.60. The van der Waals surface area contributed by atoms with Gasteiger partial charge >= 0.3 is 6.18 Å². The highest BCUT2D eigenvalue weighted by Gasteiger charge is 2.37. The topological polar surface area (TPSA) is 120 Å². The summed E-state index contributed by atoms with van der Waals surface area (Å²) in [5, 5.41) is 18.1. The van der Waals surface area contributed by atoms with Gasteiger partial charge in [0.05, 0.1) is 20.8 Å². The van der Waals surface area contributed by atoms with Gasteiger partial charge in [-0.3, -0.25) is 9.59 Å². The second kappa shape index (κ2) is 13.1. The molecule has 17 heteroatoms. The van der Waals surface area contributed by atoms with E-state index in [-0.39, 0.29) is 52.3 Å². The molecule has 232 valence electrons. The Morgan fingerprint density at radius 1 is 0.956 bits per heavy atom. The molecular weight excluding hydrogens is 679 g/mol. The van der Waals surface area contributed by atoms with E-state index >= 15 is 0 Å². The lowest BCUT2D eigenvalue weighted by Crippen LogP contribution is -2.25. The first-order chi connectivity index (χ1) is 21.3. The van der Waals surface area contributed by atoms with E-state index in [1.165, 1.54) is 29.1 Å². The number of alkyl halides is 3. The van der Waals surface area contributed by atoms with Crippen LogP contribution in [0.1, 0.15) is 49.1 Å². The number of Topliss-reactive ketones (excluding diaryl/α,β-unsaturated/α-hetero) is 1. The van der Waals surface area contributed by atoms with Gasteiger partial charge in [0.15, 0.2) is 11.6 Å². The summed E-state index contributed by atoms with van der Waals surface area (Å²) in [6, 6.07) is 12.5. The Bertz CT molecular complexity index is 1930. The van der Waals surface area contributed by atoms with E-state index in [1.807, 2.05) is 0 Å². The van der Waals surface area contributed by atoms with E-state index in [4.69, 9.17) is 46.4 Å². The predicted molar refractivity (Wildman–Crippen MR) is 160 cm³/mol. The summed E-state index contributed by atoms with van der Waals surface area (Å²) in [4.78, 5) is 32.1. The first-order valence-corrected chi connectivity index (χ1v) is 14.4. The second-order valence-electron chi connectivity index (χ2n) is 9.66. The number of halogens is 7. The third kappa shape index (κ3) is 7.44. The number of nitrogens with one attached hydrogen (secondary N) is 1. The molecule has 2 aromatic carbocycles. The van der Waals surface area contributed by atoms with Crippen LogP contribution in [-0.2, 0) is 25.7 Å². The third-order valence-corrected chi connectivity index (χ3v) is 7.70. The van der Waals surface area contributed by atoms with Gasteiger partial charge in [-0.15, -0.1) is 10.2 Å². The Kier molecular flexibility index (Phi) is 9.44. The highest BCUT2D eigenvalue weighted by molar-refractivity contribution is 6.42. The highest BCUT2D eigenvalue weighted by Crippen LogP contribution is 2.27. The summed E-state index contributed by atoms with van der Waals surface area (Å²) >= 11 is 24.7. The van der Waals surface area contributed by atoms with Crippen LogP contribution in [0.25, 0.3) is 5.82 Å². The van der Waals surface area contributed by atoms with Gasteiger partial charge in [0.1, 0.15) is 12.2 Å². The Morgan fingerprint density at radius 3 is 2.42 bits per heavy atom. The third-order valence-electron chi connectivity index (χ3n) is 6.45. The van der Waals surface area contributed by atoms with E-state index in [1.54, 1.807) is 37.3 Å². The lowest BCUT2D eigenvalue weighted by molar-refractivity contribution is -0.145. The molecule has 3 aromatic heterocycles. The maximum Gasteiger partial charge on any atom is 0.455 e. The zero-order valence-corrected chi connectivity index (χ0v) is 25.9. The molecule has 0 atom stereocenters. The maximum absolute atomic E-state index is 13.9. The molecule has 0 bridgehead atoms. The molecule has 0 aliphatic carbocycles. The number of hydrogen-bond donors (Lipinski definition) is 1. The van der Waals surface area contributed by atoms with Crippen molar-refractivity contribution >= 4 is 58.1 Å². The number of benzene rings is 2. The molecule has 5 aromatic rings. The van der Waals surface area contributed by atoms with E-state index in [0.29, 0.717) is 31.5 Å². The summed E-state index contributed by atoms with van der Waals surface area (Å²) in [6.07, 6.45) is -3.62. The molecule has 0 fully saturated rings. The van der Waals surface area contributed by atoms with Crippen molar-refractivity contribution in [3.63, 3.8) is 0 Å². The van der Waals surface area contributed by atoms with Crippen LogP contribution in [0.3, 0.4) is 0 Å². The largest absolute Gasteiger partial charge is 0.455 e. The van der Waals surface area contributed by atoms with Gasteiger partial charge in [0.2, 0.25) is 0 Å². The molecule has 0 aliphatic heterocycles. The average Bonchev–Trinajstić information content (AvgIpc) is 3.63. The quantitative estimate of drug-likeness (QED) is 0.172. The van der Waals surface area contributed by atoms with Crippen molar-refractivity contribution in [3.8, 4) is 5.82 Å². The number of carbonyl (C=O) groups is 2. The van der Waals surface area contributed by atoms with Crippen LogP contribution in [0.2, 0.25) is 20.1 Å². The molecule has 0 aliphatic rings. The number of tetrazole rings is 1. The van der Waals surface area contributed by atoms with E-state index in [0.717, 1.165) is 0 Å². The van der Waals surface area contributed by atoms with Crippen molar-refractivity contribution in [2.45, 2.75) is 32.6 Å². The van der Waals surface area contributed by atoms with Gasteiger partial charge < -0.3 is 5.32 Å². The number of amides is 1. The fraction of sp³-hybridized carbons (Fsp3) is 0.179. The number of nitrogens with zero attached hydrogens (tertiary/aromatic N) is 7. The van der Waals surface area contributed by atoms with Gasteiger partial charge in [0, 0.05) is 29.7 Å². The molecule has 0 radical (unpaired) electrons. The Balaban J connectivity index is 1.46. The number of aromatic nitrogens is 7. The van der Waals surface area contributed by atoms with Gasteiger partial charge in [-0.2, -0.15) is 23.1 Å². The van der Waals surface area contributed by atoms with Crippen molar-refractivity contribution in [1.82, 2.24) is 40.3 Å². The van der Waals surface area contributed by atoms with E-state index in [9.17, 15) is 22.8 Å². The minimum absolute atomic E-state index is 0.00160. The normalized spacial score (nSPS) is 11.6. The molecule has 3 heterocycles. The number of hydrogen-bond acceptors (Lipinski definition) is 7. The number of carbonyl (C=O) groups excluding carboxylic acids is 2. The second-order valence-corrected chi connectivity index (χ2v) is 11.3. The SMILES string of the molecule is Cc1cc(Cl)cc(C(=O)NCc2ccc(Cl)c(Cl)c2)c1CC(=O)c1cc(Cn2nnc(C(F)(F)F)n2)nn1-c1ncccc1Cl. The van der Waals surface area contributed by atoms with Crippen molar-refractivity contribution in [2.75, 3.05) is 0 Å². The van der Waals surface area contributed by atoms with Crippen LogP contribution >= 0.6 is 46.4 Å². The fourth-order valence-electron chi connectivity index (χ4n) is 4.36. The van der Waals surface area contributed by atoms with Gasteiger partial charge in [0.25, 0.3) is 11.7 Å². The number of pyridine rings is 1. The highest BCUT2D eigenvalue weighted by atomic mass is 35.5. The summed E-state index contributed by atoms with van der Waals surface area (Å²) in [7, 11) is 0. The summed E-state index contributed by atoms with van der Waals surface area (Å²) in [6.45, 7) is 1.48. The van der Waals surface area contributed by atoms with Crippen molar-refractivity contribution in [3.05, 3.63) is 114 Å². The van der Waals surface area contributed by atoms with Crippen LogP contribution in [0, 0.1) is 6.92 Å². The lowest BCUT2D eigenvalue weighted by atomic mass is 9.95. The Morgan fingerprint density at radius 2 is 1.73 bits per heavy atom. The molecule has 0 saturated carbocycles. The standard InChI is InChI=1S/C28H19Cl4F3N8O2/c1-14-7-16(29)9-19(26(45)37-12-15-4-5-20(30)22(32)8-15)18(14)11-24(44)23-10-17(13-42-40-27(38-41-42)28(33,34)35)39-43(23)25-21(31)3-2-6-36-25/h2-10H,11-13H2,1H3,(H,37,45). The summed E-state index contributed by atoms with van der Waals surface area (Å²) < 4.78 is 40.1. The molecule has 1 amide bonds. The molecular formula is C28H19Cl4F3N8O2. The first-order valence-electron chi connectivity index (χ1n) is 12.9. The lowest BCUT2D eigenvalue weighted by Gasteiger charge is -2.14. The Hall–Kier alpha value is -4.04. The average molecular weight is 698 g/mol. The fourth-order valence-corrected chi connectivity index (χ4v) is 5.15. The van der Waals surface area contributed by atoms with Gasteiger partial charge in [-0.25, -0.2) is 9.67 Å². The van der Waals surface area contributed by atoms with E-state index in [2.05, 4.69) is 30.8 Å². The molecule has 45 heavy (non-hydrogen) atoms. The van der Waals surface area contributed by atoms with Crippen LogP contribution in [-0.4, -0.2) is 46.7 Å². The first kappa shape index (κ1) is 32.4. The molecule has 0 saturated heterocycles. The minimum atomic E-state index is -4.79. The van der Waals surface area contributed by atoms with Crippen LogP contribution in [0.15, 0.2) is 54.7 Å². The van der Waals surface area contributed by atoms with Crippen molar-refractivity contribution in [1.29, 1.82) is 0 Å². The minimum Gasteiger partial charge on any atom is -0.348 e. The van der Waals surface area contributed by atoms with E-state index < -0.39 is 23.7 Å². The zero-order valence-electron chi connectivity index (χ0n) is 22.9. The van der Waals surface area contributed by atoms with Gasteiger partial charge in [-0.05, 0) is 71.3 Å². The maximum atomic E-state index is 13.9. The van der Waals surface area contributed by atoms with Crippen LogP contribution in [0.4, 0.5) is 13.2 Å². The Labute approximate surface area is 273 Å². The number of rotatable bonds is 9. The summed E-state index contributed by atoms with van der Waals surface area (Å²) in [5.74, 6) is -2.31. The number of ketones is 1. The summed E-state index contributed by atoms with van der Waals surface area (Å²) in [5.41, 5.74) is 1.95. The molecule has 1 N–H and O–H groups in total. The molecule has 0 spiro atoms. The van der Waals surface area contributed by atoms with Crippen molar-refractivity contribution in [2.24, 2.45) is 0 Å². The monoisotopic (exact) mass is 696 g/mol. The van der Waals surface area contributed by atoms with Crippen LogP contribution in [0.5, 0.6) is 0 Å². The van der Waals surface area contributed by atoms with Crippen molar-refractivity contribution < 1.29 is 22.8 Å². The molecule has 10 nitrogen and oxygen atoms in total. The molecule has 5 rings (SSSR count). The van der Waals surface area contributed by atoms with Gasteiger partial charge in [-0.1, -0.05) is 52.5 Å². The number of aryl methyl sites for hydroxylation is 1.